The summed E-state index contributed by atoms with van der Waals surface area (Å²) in [6, 6.07) is 3.96. The Balaban J connectivity index is 1.84. The van der Waals surface area contributed by atoms with Crippen molar-refractivity contribution < 1.29 is 27.2 Å². The number of hydrogen-bond acceptors (Lipinski definition) is 5. The minimum absolute atomic E-state index is 0.184. The highest BCUT2D eigenvalue weighted by molar-refractivity contribution is 7.13. The molecule has 0 saturated carbocycles. The van der Waals surface area contributed by atoms with E-state index in [1.54, 1.807) is 6.92 Å². The molecule has 0 bridgehead atoms. The Hall–Kier alpha value is -3.34. The SMILES string of the molecule is Cc1ncc(C(=O)Nc2cc(C(=O)Nc3ccnc(C(F)(F)F)c3)c(F)cc2C)s1. The zero-order chi connectivity index (χ0) is 22.1. The molecule has 2 heterocycles. The number of aromatic nitrogens is 2. The van der Waals surface area contributed by atoms with Crippen molar-refractivity contribution in [3.63, 3.8) is 0 Å². The van der Waals surface area contributed by atoms with Crippen LogP contribution in [0.3, 0.4) is 0 Å². The summed E-state index contributed by atoms with van der Waals surface area (Å²) in [4.78, 5) is 32.3. The maximum atomic E-state index is 14.3. The monoisotopic (exact) mass is 438 g/mol. The number of carbonyl (C=O) groups excluding carboxylic acids is 2. The van der Waals surface area contributed by atoms with Gasteiger partial charge in [0.2, 0.25) is 0 Å². The van der Waals surface area contributed by atoms with Gasteiger partial charge in [-0.25, -0.2) is 9.37 Å². The van der Waals surface area contributed by atoms with Crippen LogP contribution in [0.15, 0.2) is 36.7 Å². The first kappa shape index (κ1) is 21.4. The lowest BCUT2D eigenvalue weighted by atomic mass is 10.1. The van der Waals surface area contributed by atoms with Gasteiger partial charge in [-0.2, -0.15) is 13.2 Å². The van der Waals surface area contributed by atoms with Gasteiger partial charge in [0.05, 0.1) is 16.8 Å². The summed E-state index contributed by atoms with van der Waals surface area (Å²) < 4.78 is 52.7. The van der Waals surface area contributed by atoms with Crippen molar-refractivity contribution in [1.29, 1.82) is 0 Å². The Kier molecular flexibility index (Phi) is 5.83. The predicted octanol–water partition coefficient (Wildman–Crippen LogP) is 4.82. The topological polar surface area (TPSA) is 84.0 Å². The molecule has 3 rings (SSSR count). The summed E-state index contributed by atoms with van der Waals surface area (Å²) in [7, 11) is 0. The molecule has 0 spiro atoms. The maximum Gasteiger partial charge on any atom is 0.433 e. The number of thiazole rings is 1. The number of alkyl halides is 3. The third-order valence-electron chi connectivity index (χ3n) is 3.96. The second-order valence-electron chi connectivity index (χ2n) is 6.23. The highest BCUT2D eigenvalue weighted by Gasteiger charge is 2.32. The molecule has 3 aromatic rings. The van der Waals surface area contributed by atoms with E-state index in [4.69, 9.17) is 0 Å². The van der Waals surface area contributed by atoms with Crippen LogP contribution in [-0.2, 0) is 6.18 Å². The highest BCUT2D eigenvalue weighted by Crippen LogP contribution is 2.29. The molecular formula is C19H14F4N4O2S. The Morgan fingerprint density at radius 3 is 2.40 bits per heavy atom. The minimum atomic E-state index is -4.69. The Labute approximate surface area is 172 Å². The molecule has 0 aliphatic carbocycles. The van der Waals surface area contributed by atoms with Gasteiger partial charge in [0.15, 0.2) is 0 Å². The number of halogens is 4. The highest BCUT2D eigenvalue weighted by atomic mass is 32.1. The normalized spacial score (nSPS) is 11.3. The molecule has 6 nitrogen and oxygen atoms in total. The van der Waals surface area contributed by atoms with Crippen molar-refractivity contribution in [1.82, 2.24) is 9.97 Å². The van der Waals surface area contributed by atoms with E-state index < -0.39 is 35.1 Å². The maximum absolute atomic E-state index is 14.3. The summed E-state index contributed by atoms with van der Waals surface area (Å²) in [5, 5.41) is 5.47. The number of benzene rings is 1. The molecule has 0 unspecified atom stereocenters. The lowest BCUT2D eigenvalue weighted by Gasteiger charge is -2.12. The van der Waals surface area contributed by atoms with Crippen LogP contribution in [-0.4, -0.2) is 21.8 Å². The molecule has 2 aromatic heterocycles. The van der Waals surface area contributed by atoms with Crippen LogP contribution in [0.2, 0.25) is 0 Å². The molecule has 2 N–H and O–H groups in total. The third-order valence-corrected chi connectivity index (χ3v) is 4.87. The van der Waals surface area contributed by atoms with E-state index in [2.05, 4.69) is 20.6 Å². The van der Waals surface area contributed by atoms with Crippen LogP contribution < -0.4 is 10.6 Å². The van der Waals surface area contributed by atoms with Crippen molar-refractivity contribution >= 4 is 34.5 Å². The van der Waals surface area contributed by atoms with Crippen LogP contribution in [0.4, 0.5) is 28.9 Å². The summed E-state index contributed by atoms with van der Waals surface area (Å²) in [5.74, 6) is -2.34. The van der Waals surface area contributed by atoms with Gasteiger partial charge in [-0.15, -0.1) is 11.3 Å². The zero-order valence-electron chi connectivity index (χ0n) is 15.6. The van der Waals surface area contributed by atoms with E-state index in [0.29, 0.717) is 21.5 Å². The van der Waals surface area contributed by atoms with Crippen LogP contribution in [0.25, 0.3) is 0 Å². The zero-order valence-corrected chi connectivity index (χ0v) is 16.4. The number of amides is 2. The molecule has 0 atom stereocenters. The fourth-order valence-electron chi connectivity index (χ4n) is 2.49. The van der Waals surface area contributed by atoms with E-state index in [1.165, 1.54) is 24.5 Å². The molecule has 0 fully saturated rings. The quantitative estimate of drug-likeness (QED) is 0.573. The molecule has 11 heteroatoms. The summed E-state index contributed by atoms with van der Waals surface area (Å²) in [5.41, 5.74) is -1.29. The average Bonchev–Trinajstić information content (AvgIpc) is 3.10. The van der Waals surface area contributed by atoms with Crippen molar-refractivity contribution in [2.24, 2.45) is 0 Å². The van der Waals surface area contributed by atoms with Crippen molar-refractivity contribution in [3.05, 3.63) is 69.2 Å². The summed E-state index contributed by atoms with van der Waals surface area (Å²) in [6.07, 6.45) is -2.42. The summed E-state index contributed by atoms with van der Waals surface area (Å²) in [6.45, 7) is 3.27. The predicted molar refractivity (Wildman–Crippen MR) is 103 cm³/mol. The average molecular weight is 438 g/mol. The fraction of sp³-hybridized carbons (Fsp3) is 0.158. The first-order valence-electron chi connectivity index (χ1n) is 8.43. The van der Waals surface area contributed by atoms with Crippen LogP contribution in [0.5, 0.6) is 0 Å². The molecule has 1 aromatic carbocycles. The Morgan fingerprint density at radius 2 is 1.77 bits per heavy atom. The van der Waals surface area contributed by atoms with E-state index in [0.717, 1.165) is 24.4 Å². The second kappa shape index (κ2) is 8.19. The van der Waals surface area contributed by atoms with Gasteiger partial charge in [-0.1, -0.05) is 0 Å². The Bertz CT molecular complexity index is 1130. The molecule has 0 aliphatic rings. The number of aryl methyl sites for hydroxylation is 2. The third kappa shape index (κ3) is 4.79. The molecular weight excluding hydrogens is 424 g/mol. The van der Waals surface area contributed by atoms with Gasteiger partial charge in [0.25, 0.3) is 11.8 Å². The van der Waals surface area contributed by atoms with Crippen molar-refractivity contribution in [2.75, 3.05) is 10.6 Å². The number of pyridine rings is 1. The molecule has 0 saturated heterocycles. The van der Waals surface area contributed by atoms with Crippen LogP contribution >= 0.6 is 11.3 Å². The van der Waals surface area contributed by atoms with Gasteiger partial charge in [0.1, 0.15) is 16.4 Å². The first-order chi connectivity index (χ1) is 14.0. The van der Waals surface area contributed by atoms with E-state index in [9.17, 15) is 27.2 Å². The smallest absolute Gasteiger partial charge is 0.322 e. The van der Waals surface area contributed by atoms with Gasteiger partial charge >= 0.3 is 6.18 Å². The number of nitrogens with zero attached hydrogens (tertiary/aromatic N) is 2. The molecule has 0 aliphatic heterocycles. The van der Waals surface area contributed by atoms with Crippen LogP contribution in [0, 0.1) is 19.7 Å². The molecule has 0 radical (unpaired) electrons. The fourth-order valence-corrected chi connectivity index (χ4v) is 3.17. The second-order valence-corrected chi connectivity index (χ2v) is 7.46. The molecule has 156 valence electrons. The Morgan fingerprint density at radius 1 is 1.03 bits per heavy atom. The number of carbonyl (C=O) groups is 2. The lowest BCUT2D eigenvalue weighted by Crippen LogP contribution is -2.17. The van der Waals surface area contributed by atoms with Crippen molar-refractivity contribution in [3.8, 4) is 0 Å². The van der Waals surface area contributed by atoms with Crippen LogP contribution in [0.1, 0.15) is 36.3 Å². The van der Waals surface area contributed by atoms with Gasteiger partial charge in [-0.05, 0) is 43.7 Å². The summed E-state index contributed by atoms with van der Waals surface area (Å²) >= 11 is 1.17. The number of rotatable bonds is 4. The number of nitrogens with one attached hydrogen (secondary N) is 2. The van der Waals surface area contributed by atoms with Gasteiger partial charge in [-0.3, -0.25) is 14.6 Å². The number of hydrogen-bond donors (Lipinski definition) is 2. The van der Waals surface area contributed by atoms with E-state index in [1.807, 2.05) is 0 Å². The molecule has 2 amide bonds. The number of anilines is 2. The van der Waals surface area contributed by atoms with Gasteiger partial charge < -0.3 is 10.6 Å². The standard InChI is InChI=1S/C19H14F4N4O2S/c1-9-5-13(20)12(7-14(9)27-18(29)15-8-25-10(2)30-15)17(28)26-11-3-4-24-16(6-11)19(21,22)23/h3-8H,1-2H3,(H,27,29)(H,24,26,28). The minimum Gasteiger partial charge on any atom is -0.322 e. The van der Waals surface area contributed by atoms with Crippen molar-refractivity contribution in [2.45, 2.75) is 20.0 Å². The lowest BCUT2D eigenvalue weighted by molar-refractivity contribution is -0.141. The first-order valence-corrected chi connectivity index (χ1v) is 9.25. The molecule has 30 heavy (non-hydrogen) atoms. The van der Waals surface area contributed by atoms with E-state index in [-0.39, 0.29) is 11.4 Å². The van der Waals surface area contributed by atoms with Gasteiger partial charge in [0, 0.05) is 17.6 Å². The van der Waals surface area contributed by atoms with E-state index >= 15 is 0 Å². The largest absolute Gasteiger partial charge is 0.433 e.